The van der Waals surface area contributed by atoms with Gasteiger partial charge in [0, 0.05) is 17.6 Å². The Morgan fingerprint density at radius 1 is 0.892 bits per heavy atom. The fraction of sp³-hybridized carbons (Fsp3) is 0.160. The van der Waals surface area contributed by atoms with Crippen LogP contribution < -0.4 is 4.74 Å². The van der Waals surface area contributed by atoms with Crippen LogP contribution in [0.1, 0.15) is 16.8 Å². The topological polar surface area (TPSA) is 47.3 Å². The van der Waals surface area contributed by atoms with Crippen molar-refractivity contribution in [3.05, 3.63) is 87.5 Å². The molecule has 0 aliphatic rings. The lowest BCUT2D eigenvalue weighted by Gasteiger charge is -2.18. The molecule has 0 radical (unpaired) electrons. The summed E-state index contributed by atoms with van der Waals surface area (Å²) in [7, 11) is 1.25. The average Bonchev–Trinajstić information content (AvgIpc) is 3.20. The summed E-state index contributed by atoms with van der Waals surface area (Å²) in [5.74, 6) is -0.606. The number of ether oxygens (including phenoxy) is 1. The summed E-state index contributed by atoms with van der Waals surface area (Å²) in [4.78, 5) is 0. The summed E-state index contributed by atoms with van der Waals surface area (Å²) in [5.41, 5.74) is -2.15. The second kappa shape index (κ2) is 9.83. The third-order valence-electron chi connectivity index (χ3n) is 5.45. The summed E-state index contributed by atoms with van der Waals surface area (Å²) in [5, 5.41) is 14.5. The molecule has 0 fully saturated rings. The molecule has 0 unspecified atom stereocenters. The van der Waals surface area contributed by atoms with Gasteiger partial charge in [-0.1, -0.05) is 41.4 Å². The van der Waals surface area contributed by atoms with Crippen molar-refractivity contribution in [2.24, 2.45) is 7.05 Å². The predicted molar refractivity (Wildman–Crippen MR) is 127 cm³/mol. The maximum Gasteiger partial charge on any atom is 0.435 e. The highest BCUT2D eigenvalue weighted by atomic mass is 35.5. The van der Waals surface area contributed by atoms with E-state index in [0.29, 0.717) is 10.6 Å². The monoisotopic (exact) mass is 560 g/mol. The molecule has 0 spiro atoms. The van der Waals surface area contributed by atoms with Crippen molar-refractivity contribution < 1.29 is 36.2 Å². The Labute approximate surface area is 216 Å². The molecule has 0 aliphatic heterocycles. The number of alkyl halides is 6. The maximum absolute atomic E-state index is 13.6. The van der Waals surface area contributed by atoms with E-state index in [1.54, 1.807) is 24.3 Å². The van der Waals surface area contributed by atoms with E-state index in [-0.39, 0.29) is 34.7 Å². The van der Waals surface area contributed by atoms with Gasteiger partial charge >= 0.3 is 12.4 Å². The lowest BCUT2D eigenvalue weighted by molar-refractivity contribution is -0.141. The lowest BCUT2D eigenvalue weighted by atomic mass is 9.97. The molecule has 0 saturated heterocycles. The zero-order valence-electron chi connectivity index (χ0n) is 18.8. The number of halogens is 8. The van der Waals surface area contributed by atoms with Crippen molar-refractivity contribution >= 4 is 23.2 Å². The molecular weight excluding hydrogens is 545 g/mol. The SMILES string of the molecule is Cn1nc(C(F)(F)F)cc1-c1ccc(OCc2ccc(Cl)cc2)c(-c2ccc(Cl)c(C(F)(F)F)c2)c1O. The van der Waals surface area contributed by atoms with Crippen LogP contribution in [-0.4, -0.2) is 14.9 Å². The molecule has 1 heterocycles. The summed E-state index contributed by atoms with van der Waals surface area (Å²) in [6, 6.07) is 13.0. The molecular formula is C25H16Cl2F6N2O2. The van der Waals surface area contributed by atoms with Crippen molar-refractivity contribution in [3.8, 4) is 33.9 Å². The molecule has 1 N–H and O–H groups in total. The molecule has 0 aliphatic carbocycles. The van der Waals surface area contributed by atoms with E-state index in [1.807, 2.05) is 0 Å². The van der Waals surface area contributed by atoms with Gasteiger partial charge in [0.25, 0.3) is 0 Å². The van der Waals surface area contributed by atoms with Gasteiger partial charge in [-0.25, -0.2) is 0 Å². The first-order chi connectivity index (χ1) is 17.3. The number of aromatic nitrogens is 2. The van der Waals surface area contributed by atoms with Gasteiger partial charge in [-0.05, 0) is 53.6 Å². The van der Waals surface area contributed by atoms with Crippen LogP contribution in [0.25, 0.3) is 22.4 Å². The molecule has 0 amide bonds. The summed E-state index contributed by atoms with van der Waals surface area (Å²) in [6.07, 6.45) is -9.54. The van der Waals surface area contributed by atoms with E-state index in [4.69, 9.17) is 27.9 Å². The van der Waals surface area contributed by atoms with E-state index in [1.165, 1.54) is 25.2 Å². The van der Waals surface area contributed by atoms with Crippen LogP contribution in [0.15, 0.2) is 60.7 Å². The quantitative estimate of drug-likeness (QED) is 0.249. The maximum atomic E-state index is 13.6. The van der Waals surface area contributed by atoms with Crippen LogP contribution in [0.5, 0.6) is 11.5 Å². The van der Waals surface area contributed by atoms with Gasteiger partial charge < -0.3 is 9.84 Å². The van der Waals surface area contributed by atoms with E-state index < -0.39 is 34.4 Å². The van der Waals surface area contributed by atoms with Crippen LogP contribution in [0.3, 0.4) is 0 Å². The first-order valence-electron chi connectivity index (χ1n) is 10.5. The first kappa shape index (κ1) is 26.7. The number of nitrogens with zero attached hydrogens (tertiary/aromatic N) is 2. The second-order valence-electron chi connectivity index (χ2n) is 7.98. The zero-order valence-corrected chi connectivity index (χ0v) is 20.3. The number of phenolic OH excluding ortho intramolecular Hbond substituents is 1. The number of aryl methyl sites for hydroxylation is 1. The zero-order chi connectivity index (χ0) is 27.1. The molecule has 0 bridgehead atoms. The summed E-state index contributed by atoms with van der Waals surface area (Å²) < 4.78 is 87.0. The average molecular weight is 561 g/mol. The van der Waals surface area contributed by atoms with Crippen molar-refractivity contribution in [2.75, 3.05) is 0 Å². The third kappa shape index (κ3) is 5.65. The van der Waals surface area contributed by atoms with Crippen molar-refractivity contribution in [1.29, 1.82) is 0 Å². The lowest BCUT2D eigenvalue weighted by Crippen LogP contribution is -2.06. The largest absolute Gasteiger partial charge is 0.506 e. The minimum Gasteiger partial charge on any atom is -0.506 e. The fourth-order valence-corrected chi connectivity index (χ4v) is 4.03. The van der Waals surface area contributed by atoms with Gasteiger partial charge in [0.2, 0.25) is 0 Å². The number of aromatic hydroxyl groups is 1. The van der Waals surface area contributed by atoms with E-state index in [2.05, 4.69) is 5.10 Å². The number of phenols is 1. The van der Waals surface area contributed by atoms with Gasteiger partial charge in [-0.15, -0.1) is 0 Å². The molecule has 194 valence electrons. The van der Waals surface area contributed by atoms with Crippen LogP contribution in [-0.2, 0) is 26.0 Å². The molecule has 1 aromatic heterocycles. The molecule has 3 aromatic carbocycles. The Hall–Kier alpha value is -3.37. The molecule has 4 aromatic rings. The standard InChI is InChI=1S/C25H16Cl2F6N2O2/c1-35-19(11-21(34-35)25(31,32)33)16-7-9-20(37-12-13-2-5-15(26)6-3-13)22(23(16)36)14-4-8-18(27)17(10-14)24(28,29)30/h2-11,36H,12H2,1H3. The van der Waals surface area contributed by atoms with Gasteiger partial charge in [-0.2, -0.15) is 31.4 Å². The van der Waals surface area contributed by atoms with Crippen molar-refractivity contribution in [3.63, 3.8) is 0 Å². The van der Waals surface area contributed by atoms with Gasteiger partial charge in [0.05, 0.1) is 21.8 Å². The normalized spacial score (nSPS) is 12.1. The molecule has 37 heavy (non-hydrogen) atoms. The van der Waals surface area contributed by atoms with Crippen molar-refractivity contribution in [2.45, 2.75) is 19.0 Å². The molecule has 0 saturated carbocycles. The third-order valence-corrected chi connectivity index (χ3v) is 6.04. The fourth-order valence-electron chi connectivity index (χ4n) is 3.68. The van der Waals surface area contributed by atoms with Crippen LogP contribution in [0.4, 0.5) is 26.3 Å². The predicted octanol–water partition coefficient (Wildman–Crippen LogP) is 8.38. The van der Waals surface area contributed by atoms with Gasteiger partial charge in [0.1, 0.15) is 18.1 Å². The molecule has 4 rings (SSSR count). The number of benzene rings is 3. The summed E-state index contributed by atoms with van der Waals surface area (Å²) in [6.45, 7) is -0.0351. The highest BCUT2D eigenvalue weighted by Crippen LogP contribution is 2.47. The van der Waals surface area contributed by atoms with Crippen LogP contribution in [0.2, 0.25) is 10.0 Å². The summed E-state index contributed by atoms with van der Waals surface area (Å²) >= 11 is 11.6. The number of hydrogen-bond donors (Lipinski definition) is 1. The highest BCUT2D eigenvalue weighted by Gasteiger charge is 2.36. The van der Waals surface area contributed by atoms with E-state index >= 15 is 0 Å². The van der Waals surface area contributed by atoms with Gasteiger partial charge in [-0.3, -0.25) is 4.68 Å². The smallest absolute Gasteiger partial charge is 0.435 e. The number of rotatable bonds is 5. The highest BCUT2D eigenvalue weighted by molar-refractivity contribution is 6.31. The Kier molecular flexibility index (Phi) is 7.09. The van der Waals surface area contributed by atoms with Crippen LogP contribution >= 0.6 is 23.2 Å². The Morgan fingerprint density at radius 2 is 1.57 bits per heavy atom. The molecule has 0 atom stereocenters. The number of hydrogen-bond acceptors (Lipinski definition) is 3. The Balaban J connectivity index is 1.87. The second-order valence-corrected chi connectivity index (χ2v) is 8.82. The van der Waals surface area contributed by atoms with Gasteiger partial charge in [0.15, 0.2) is 5.69 Å². The Morgan fingerprint density at radius 3 is 2.16 bits per heavy atom. The first-order valence-corrected chi connectivity index (χ1v) is 11.2. The minimum atomic E-state index is -4.80. The minimum absolute atomic E-state index is 0.00939. The van der Waals surface area contributed by atoms with Crippen molar-refractivity contribution in [1.82, 2.24) is 9.78 Å². The molecule has 4 nitrogen and oxygen atoms in total. The molecule has 12 heteroatoms. The van der Waals surface area contributed by atoms with Crippen LogP contribution in [0, 0.1) is 0 Å². The van der Waals surface area contributed by atoms with E-state index in [9.17, 15) is 31.4 Å². The Bertz CT molecular complexity index is 1450. The van der Waals surface area contributed by atoms with E-state index in [0.717, 1.165) is 22.9 Å².